The number of benzene rings is 2. The molecule has 0 radical (unpaired) electrons. The number of pyridine rings is 1. The minimum atomic E-state index is -0.362. The van der Waals surface area contributed by atoms with Gasteiger partial charge in [-0.05, 0) is 30.3 Å². The van der Waals surface area contributed by atoms with Gasteiger partial charge in [-0.25, -0.2) is 9.78 Å². The van der Waals surface area contributed by atoms with E-state index < -0.39 is 0 Å². The molecule has 0 aliphatic carbocycles. The lowest BCUT2D eigenvalue weighted by Gasteiger charge is -2.07. The quantitative estimate of drug-likeness (QED) is 0.502. The number of carbonyl (C=O) groups excluding carboxylic acids is 1. The molecule has 4 aromatic rings. The number of aromatic nitrogens is 3. The standard InChI is InChI=1S/C21H17N3O3S/c1-26-18-11-16-17(12-19(18)28-15-7-9-22-10-8-15)24-20(23-16)13-3-5-14(6-4-13)21(25)27-2/h3-12H,1-2H3,(H,23,24). The van der Waals surface area contributed by atoms with Crippen molar-refractivity contribution in [1.82, 2.24) is 15.0 Å². The Hall–Kier alpha value is -3.32. The van der Waals surface area contributed by atoms with E-state index in [0.717, 1.165) is 38.0 Å². The maximum atomic E-state index is 11.6. The number of carbonyl (C=O) groups is 1. The van der Waals surface area contributed by atoms with Gasteiger partial charge in [0.15, 0.2) is 0 Å². The maximum Gasteiger partial charge on any atom is 0.337 e. The number of esters is 1. The van der Waals surface area contributed by atoms with E-state index in [1.54, 1.807) is 43.4 Å². The summed E-state index contributed by atoms with van der Waals surface area (Å²) in [5.74, 6) is 1.13. The van der Waals surface area contributed by atoms with Crippen molar-refractivity contribution in [3.8, 4) is 17.1 Å². The molecule has 0 saturated heterocycles. The van der Waals surface area contributed by atoms with Gasteiger partial charge < -0.3 is 14.5 Å². The predicted molar refractivity (Wildman–Crippen MR) is 108 cm³/mol. The van der Waals surface area contributed by atoms with Crippen LogP contribution in [0, 0.1) is 0 Å². The van der Waals surface area contributed by atoms with E-state index in [2.05, 4.69) is 9.97 Å². The number of rotatable bonds is 5. The average molecular weight is 391 g/mol. The van der Waals surface area contributed by atoms with Gasteiger partial charge in [-0.3, -0.25) is 4.98 Å². The summed E-state index contributed by atoms with van der Waals surface area (Å²) in [6, 6.07) is 15.0. The second kappa shape index (κ2) is 7.74. The number of aromatic amines is 1. The molecular weight excluding hydrogens is 374 g/mol. The molecule has 7 heteroatoms. The molecule has 2 aromatic heterocycles. The predicted octanol–water partition coefficient (Wildman–Crippen LogP) is 4.57. The zero-order valence-electron chi connectivity index (χ0n) is 15.3. The molecule has 0 fully saturated rings. The van der Waals surface area contributed by atoms with Crippen molar-refractivity contribution < 1.29 is 14.3 Å². The minimum absolute atomic E-state index is 0.362. The molecule has 0 aliphatic heterocycles. The number of fused-ring (bicyclic) bond motifs is 1. The van der Waals surface area contributed by atoms with Crippen LogP contribution in [0.4, 0.5) is 0 Å². The van der Waals surface area contributed by atoms with Gasteiger partial charge in [0.05, 0.1) is 35.7 Å². The Bertz CT molecular complexity index is 1130. The lowest BCUT2D eigenvalue weighted by atomic mass is 10.1. The molecule has 28 heavy (non-hydrogen) atoms. The van der Waals surface area contributed by atoms with Gasteiger partial charge in [0.1, 0.15) is 11.6 Å². The highest BCUT2D eigenvalue weighted by molar-refractivity contribution is 7.99. The lowest BCUT2D eigenvalue weighted by Crippen LogP contribution is -2.00. The number of imidazole rings is 1. The third-order valence-corrected chi connectivity index (χ3v) is 5.27. The maximum absolute atomic E-state index is 11.6. The molecule has 0 atom stereocenters. The first kappa shape index (κ1) is 18.1. The van der Waals surface area contributed by atoms with E-state index in [4.69, 9.17) is 14.5 Å². The number of methoxy groups -OCH3 is 2. The fourth-order valence-corrected chi connectivity index (χ4v) is 3.73. The molecule has 2 aromatic carbocycles. The molecule has 0 aliphatic rings. The first-order chi connectivity index (χ1) is 13.7. The van der Waals surface area contributed by atoms with Gasteiger partial charge in [0.25, 0.3) is 0 Å². The Labute approximate surface area is 165 Å². The third kappa shape index (κ3) is 3.57. The van der Waals surface area contributed by atoms with Gasteiger partial charge in [-0.15, -0.1) is 0 Å². The average Bonchev–Trinajstić information content (AvgIpc) is 3.16. The minimum Gasteiger partial charge on any atom is -0.495 e. The van der Waals surface area contributed by atoms with E-state index in [1.807, 2.05) is 36.4 Å². The van der Waals surface area contributed by atoms with E-state index in [0.29, 0.717) is 5.56 Å². The van der Waals surface area contributed by atoms with Crippen molar-refractivity contribution in [2.45, 2.75) is 9.79 Å². The SMILES string of the molecule is COC(=O)c1ccc(-c2nc3cc(Sc4ccncc4)c(OC)cc3[nH]2)cc1. The molecule has 4 rings (SSSR count). The van der Waals surface area contributed by atoms with Crippen molar-refractivity contribution in [1.29, 1.82) is 0 Å². The number of nitrogens with zero attached hydrogens (tertiary/aromatic N) is 2. The number of hydrogen-bond donors (Lipinski definition) is 1. The Morgan fingerprint density at radius 3 is 2.46 bits per heavy atom. The van der Waals surface area contributed by atoms with Crippen LogP contribution in [0.15, 0.2) is 70.7 Å². The Morgan fingerprint density at radius 1 is 1.04 bits per heavy atom. The molecule has 6 nitrogen and oxygen atoms in total. The van der Waals surface area contributed by atoms with Crippen LogP contribution in [-0.4, -0.2) is 35.1 Å². The van der Waals surface area contributed by atoms with Crippen LogP contribution in [0.1, 0.15) is 10.4 Å². The van der Waals surface area contributed by atoms with E-state index in [-0.39, 0.29) is 5.97 Å². The summed E-state index contributed by atoms with van der Waals surface area (Å²) in [6.07, 6.45) is 3.52. The van der Waals surface area contributed by atoms with Crippen molar-refractivity contribution in [2.24, 2.45) is 0 Å². The highest BCUT2D eigenvalue weighted by atomic mass is 32.2. The number of H-pyrrole nitrogens is 1. The molecule has 0 bridgehead atoms. The lowest BCUT2D eigenvalue weighted by molar-refractivity contribution is 0.0601. The molecule has 140 valence electrons. The first-order valence-corrected chi connectivity index (χ1v) is 9.34. The largest absolute Gasteiger partial charge is 0.495 e. The van der Waals surface area contributed by atoms with Crippen LogP contribution < -0.4 is 4.74 Å². The Kier molecular flexibility index (Phi) is 4.99. The van der Waals surface area contributed by atoms with Crippen molar-refractivity contribution in [3.63, 3.8) is 0 Å². The van der Waals surface area contributed by atoms with Crippen LogP contribution >= 0.6 is 11.8 Å². The van der Waals surface area contributed by atoms with Gasteiger partial charge >= 0.3 is 5.97 Å². The molecule has 2 heterocycles. The highest BCUT2D eigenvalue weighted by Gasteiger charge is 2.13. The summed E-state index contributed by atoms with van der Waals surface area (Å²) >= 11 is 1.60. The van der Waals surface area contributed by atoms with Crippen LogP contribution in [0.25, 0.3) is 22.4 Å². The number of nitrogens with one attached hydrogen (secondary N) is 1. The second-order valence-electron chi connectivity index (χ2n) is 5.96. The highest BCUT2D eigenvalue weighted by Crippen LogP contribution is 2.37. The summed E-state index contributed by atoms with van der Waals surface area (Å²) in [6.45, 7) is 0. The molecule has 0 amide bonds. The number of ether oxygens (including phenoxy) is 2. The van der Waals surface area contributed by atoms with Gasteiger partial charge in [-0.1, -0.05) is 23.9 Å². The van der Waals surface area contributed by atoms with Crippen molar-refractivity contribution in [3.05, 3.63) is 66.5 Å². The van der Waals surface area contributed by atoms with E-state index in [1.165, 1.54) is 7.11 Å². The van der Waals surface area contributed by atoms with E-state index in [9.17, 15) is 4.79 Å². The van der Waals surface area contributed by atoms with E-state index >= 15 is 0 Å². The van der Waals surface area contributed by atoms with Crippen LogP contribution in [0.2, 0.25) is 0 Å². The molecule has 0 spiro atoms. The molecule has 1 N–H and O–H groups in total. The molecular formula is C21H17N3O3S. The fraction of sp³-hybridized carbons (Fsp3) is 0.0952. The number of hydrogen-bond acceptors (Lipinski definition) is 6. The Morgan fingerprint density at radius 2 is 1.79 bits per heavy atom. The van der Waals surface area contributed by atoms with Crippen LogP contribution in [0.3, 0.4) is 0 Å². The van der Waals surface area contributed by atoms with Crippen molar-refractivity contribution in [2.75, 3.05) is 14.2 Å². The van der Waals surface area contributed by atoms with Gasteiger partial charge in [0.2, 0.25) is 0 Å². The Balaban J connectivity index is 1.69. The topological polar surface area (TPSA) is 77.1 Å². The summed E-state index contributed by atoms with van der Waals surface area (Å²) in [5.41, 5.74) is 3.10. The summed E-state index contributed by atoms with van der Waals surface area (Å²) in [5, 5.41) is 0. The fourth-order valence-electron chi connectivity index (χ4n) is 2.81. The smallest absolute Gasteiger partial charge is 0.337 e. The van der Waals surface area contributed by atoms with Gasteiger partial charge in [0, 0.05) is 28.9 Å². The van der Waals surface area contributed by atoms with Crippen LogP contribution in [-0.2, 0) is 4.74 Å². The van der Waals surface area contributed by atoms with Crippen LogP contribution in [0.5, 0.6) is 5.75 Å². The molecule has 0 unspecified atom stereocenters. The summed E-state index contributed by atoms with van der Waals surface area (Å²) in [7, 11) is 3.02. The normalized spacial score (nSPS) is 10.8. The zero-order valence-corrected chi connectivity index (χ0v) is 16.1. The summed E-state index contributed by atoms with van der Waals surface area (Å²) < 4.78 is 10.3. The monoisotopic (exact) mass is 391 g/mol. The van der Waals surface area contributed by atoms with Gasteiger partial charge in [-0.2, -0.15) is 0 Å². The zero-order chi connectivity index (χ0) is 19.5. The van der Waals surface area contributed by atoms with Crippen molar-refractivity contribution >= 4 is 28.8 Å². The first-order valence-electron chi connectivity index (χ1n) is 8.52. The molecule has 0 saturated carbocycles. The second-order valence-corrected chi connectivity index (χ2v) is 7.07. The summed E-state index contributed by atoms with van der Waals surface area (Å²) in [4.78, 5) is 25.7. The third-order valence-electron chi connectivity index (χ3n) is 4.22.